The van der Waals surface area contributed by atoms with Crippen LogP contribution in [0.2, 0.25) is 0 Å². The zero-order valence-corrected chi connectivity index (χ0v) is 10.6. The Kier molecular flexibility index (Phi) is 6.46. The van der Waals surface area contributed by atoms with E-state index in [2.05, 4.69) is 12.2 Å². The molecule has 1 fully saturated rings. The molecule has 0 saturated carbocycles. The molecule has 0 unspecified atom stereocenters. The van der Waals surface area contributed by atoms with Crippen LogP contribution in [0, 0.1) is 5.92 Å². The molecule has 94 valence electrons. The minimum Gasteiger partial charge on any atom is -0.378 e. The second kappa shape index (κ2) is 7.66. The van der Waals surface area contributed by atoms with Crippen LogP contribution in [0.4, 0.5) is 0 Å². The summed E-state index contributed by atoms with van der Waals surface area (Å²) < 4.78 is 5.51. The zero-order chi connectivity index (χ0) is 11.8. The highest BCUT2D eigenvalue weighted by molar-refractivity contribution is 5.78. The topological polar surface area (TPSA) is 38.3 Å². The Morgan fingerprint density at radius 3 is 3.00 bits per heavy atom. The van der Waals surface area contributed by atoms with Crippen LogP contribution in [0.5, 0.6) is 0 Å². The van der Waals surface area contributed by atoms with Crippen LogP contribution in [-0.2, 0) is 9.53 Å². The average Bonchev–Trinajstić information content (AvgIpc) is 2.78. The van der Waals surface area contributed by atoms with Gasteiger partial charge in [0.15, 0.2) is 0 Å². The Hall–Kier alpha value is -0.570. The Labute approximate surface area is 98.9 Å². The largest absolute Gasteiger partial charge is 0.378 e. The Morgan fingerprint density at radius 2 is 2.38 bits per heavy atom. The fourth-order valence-corrected chi connectivity index (χ4v) is 2.04. The van der Waals surface area contributed by atoms with E-state index in [1.165, 1.54) is 6.42 Å². The van der Waals surface area contributed by atoms with Gasteiger partial charge in [-0.05, 0) is 25.7 Å². The summed E-state index contributed by atoms with van der Waals surface area (Å²) in [5.74, 6) is 0.357. The van der Waals surface area contributed by atoms with Gasteiger partial charge < -0.3 is 10.1 Å². The van der Waals surface area contributed by atoms with Crippen molar-refractivity contribution in [1.29, 1.82) is 0 Å². The van der Waals surface area contributed by atoms with Crippen molar-refractivity contribution in [3.05, 3.63) is 0 Å². The lowest BCUT2D eigenvalue weighted by molar-refractivity contribution is -0.124. The lowest BCUT2D eigenvalue weighted by Crippen LogP contribution is -2.31. The summed E-state index contributed by atoms with van der Waals surface area (Å²) in [4.78, 5) is 11.7. The van der Waals surface area contributed by atoms with Crippen molar-refractivity contribution in [2.45, 2.75) is 58.5 Å². The van der Waals surface area contributed by atoms with Gasteiger partial charge in [-0.15, -0.1) is 0 Å². The number of carbonyl (C=O) groups is 1. The molecule has 0 radical (unpaired) electrons. The van der Waals surface area contributed by atoms with E-state index in [0.717, 1.165) is 45.3 Å². The lowest BCUT2D eigenvalue weighted by atomic mass is 10.0. The average molecular weight is 227 g/mol. The fourth-order valence-electron chi connectivity index (χ4n) is 2.04. The third-order valence-electron chi connectivity index (χ3n) is 3.23. The van der Waals surface area contributed by atoms with Crippen LogP contribution in [0.3, 0.4) is 0 Å². The first-order valence-electron chi connectivity index (χ1n) is 6.63. The van der Waals surface area contributed by atoms with Gasteiger partial charge >= 0.3 is 0 Å². The molecule has 2 atom stereocenters. The predicted octanol–water partition coefficient (Wildman–Crippen LogP) is 2.50. The molecule has 3 heteroatoms. The van der Waals surface area contributed by atoms with Gasteiger partial charge in [-0.2, -0.15) is 0 Å². The van der Waals surface area contributed by atoms with Crippen LogP contribution in [0.25, 0.3) is 0 Å². The second-order valence-electron chi connectivity index (χ2n) is 4.76. The van der Waals surface area contributed by atoms with E-state index in [1.807, 2.05) is 6.92 Å². The molecule has 0 spiro atoms. The molecular formula is C13H25NO2. The number of hydrogen-bond donors (Lipinski definition) is 1. The second-order valence-corrected chi connectivity index (χ2v) is 4.76. The van der Waals surface area contributed by atoms with Crippen molar-refractivity contribution in [3.63, 3.8) is 0 Å². The van der Waals surface area contributed by atoms with E-state index in [1.54, 1.807) is 0 Å². The number of unbranched alkanes of at least 4 members (excludes halogenated alkanes) is 1. The summed E-state index contributed by atoms with van der Waals surface area (Å²) >= 11 is 0. The smallest absolute Gasteiger partial charge is 0.222 e. The van der Waals surface area contributed by atoms with Gasteiger partial charge in [-0.1, -0.05) is 26.7 Å². The maximum absolute atomic E-state index is 11.7. The molecule has 0 aromatic heterocycles. The minimum absolute atomic E-state index is 0.157. The van der Waals surface area contributed by atoms with E-state index in [0.29, 0.717) is 6.10 Å². The van der Waals surface area contributed by atoms with Gasteiger partial charge in [0.1, 0.15) is 0 Å². The maximum atomic E-state index is 11.7. The van der Waals surface area contributed by atoms with Gasteiger partial charge in [-0.3, -0.25) is 4.79 Å². The normalized spacial score (nSPS) is 22.0. The molecule has 0 bridgehead atoms. The van der Waals surface area contributed by atoms with Crippen molar-refractivity contribution >= 4 is 5.91 Å². The lowest BCUT2D eigenvalue weighted by Gasteiger charge is -2.13. The van der Waals surface area contributed by atoms with Gasteiger partial charge in [0, 0.05) is 19.1 Å². The summed E-state index contributed by atoms with van der Waals surface area (Å²) in [7, 11) is 0. The Balaban J connectivity index is 2.04. The summed E-state index contributed by atoms with van der Waals surface area (Å²) in [6, 6.07) is 0. The van der Waals surface area contributed by atoms with Crippen LogP contribution in [0.1, 0.15) is 52.4 Å². The summed E-state index contributed by atoms with van der Waals surface area (Å²) in [5.41, 5.74) is 0. The van der Waals surface area contributed by atoms with Crippen molar-refractivity contribution in [2.24, 2.45) is 5.92 Å². The van der Waals surface area contributed by atoms with Gasteiger partial charge in [0.25, 0.3) is 0 Å². The highest BCUT2D eigenvalue weighted by Crippen LogP contribution is 2.14. The zero-order valence-electron chi connectivity index (χ0n) is 10.6. The van der Waals surface area contributed by atoms with Gasteiger partial charge in [0.2, 0.25) is 5.91 Å². The highest BCUT2D eigenvalue weighted by Gasteiger charge is 2.16. The highest BCUT2D eigenvalue weighted by atomic mass is 16.5. The first-order chi connectivity index (χ1) is 7.74. The third-order valence-corrected chi connectivity index (χ3v) is 3.23. The quantitative estimate of drug-likeness (QED) is 0.725. The molecule has 1 aliphatic rings. The van der Waals surface area contributed by atoms with Crippen LogP contribution < -0.4 is 5.32 Å². The van der Waals surface area contributed by atoms with E-state index in [4.69, 9.17) is 4.74 Å². The molecule has 1 aliphatic heterocycles. The number of hydrogen-bond acceptors (Lipinski definition) is 2. The first kappa shape index (κ1) is 13.5. The number of nitrogens with one attached hydrogen (secondary N) is 1. The van der Waals surface area contributed by atoms with Gasteiger partial charge in [-0.25, -0.2) is 0 Å². The molecule has 0 aromatic carbocycles. The van der Waals surface area contributed by atoms with Crippen molar-refractivity contribution in [1.82, 2.24) is 5.32 Å². The Morgan fingerprint density at radius 1 is 1.56 bits per heavy atom. The summed E-state index contributed by atoms with van der Waals surface area (Å²) in [6.07, 6.45) is 6.97. The third kappa shape index (κ3) is 4.97. The van der Waals surface area contributed by atoms with E-state index < -0.39 is 0 Å². The minimum atomic E-state index is 0.157. The van der Waals surface area contributed by atoms with E-state index in [-0.39, 0.29) is 11.8 Å². The number of rotatable bonds is 7. The van der Waals surface area contributed by atoms with Crippen molar-refractivity contribution in [2.75, 3.05) is 13.2 Å². The van der Waals surface area contributed by atoms with Crippen LogP contribution in [0.15, 0.2) is 0 Å². The number of amides is 1. The molecule has 3 nitrogen and oxygen atoms in total. The fraction of sp³-hybridized carbons (Fsp3) is 0.923. The number of ether oxygens (including phenoxy) is 1. The molecule has 0 aliphatic carbocycles. The number of carbonyl (C=O) groups excluding carboxylic acids is 1. The monoisotopic (exact) mass is 227 g/mol. The molecule has 1 saturated heterocycles. The van der Waals surface area contributed by atoms with Crippen molar-refractivity contribution in [3.8, 4) is 0 Å². The van der Waals surface area contributed by atoms with Crippen LogP contribution in [-0.4, -0.2) is 25.2 Å². The molecule has 1 amide bonds. The molecule has 1 rings (SSSR count). The summed E-state index contributed by atoms with van der Waals surface area (Å²) in [6.45, 7) is 5.82. The Bertz CT molecular complexity index is 200. The molecule has 1 heterocycles. The summed E-state index contributed by atoms with van der Waals surface area (Å²) in [5, 5.41) is 3.00. The van der Waals surface area contributed by atoms with Crippen molar-refractivity contribution < 1.29 is 9.53 Å². The molecule has 16 heavy (non-hydrogen) atoms. The molecule has 1 N–H and O–H groups in total. The van der Waals surface area contributed by atoms with E-state index >= 15 is 0 Å². The maximum Gasteiger partial charge on any atom is 0.222 e. The van der Waals surface area contributed by atoms with Gasteiger partial charge in [0.05, 0.1) is 6.10 Å². The molecular weight excluding hydrogens is 202 g/mol. The van der Waals surface area contributed by atoms with Crippen LogP contribution >= 0.6 is 0 Å². The first-order valence-corrected chi connectivity index (χ1v) is 6.63. The molecule has 0 aromatic rings. The SMILES string of the molecule is CCCC[C@H](C)C(=O)NCC[C@@H]1CCCO1. The standard InChI is InChI=1S/C13H25NO2/c1-3-4-6-11(2)13(15)14-9-8-12-7-5-10-16-12/h11-12H,3-10H2,1-2H3,(H,14,15)/t11-,12-/m0/s1. The predicted molar refractivity (Wildman–Crippen MR) is 65.3 cm³/mol. The van der Waals surface area contributed by atoms with E-state index in [9.17, 15) is 4.79 Å².